The van der Waals surface area contributed by atoms with Crippen molar-refractivity contribution >= 4 is 11.7 Å². The zero-order chi connectivity index (χ0) is 15.1. The molecular formula is C14H19NO5. The lowest BCUT2D eigenvalue weighted by Crippen LogP contribution is -2.27. The first-order valence-corrected chi connectivity index (χ1v) is 6.66. The van der Waals surface area contributed by atoms with Gasteiger partial charge in [-0.2, -0.15) is 0 Å². The van der Waals surface area contributed by atoms with Crippen molar-refractivity contribution in [2.24, 2.45) is 0 Å². The van der Waals surface area contributed by atoms with Gasteiger partial charge < -0.3 is 9.84 Å². The van der Waals surface area contributed by atoms with Gasteiger partial charge in [0.25, 0.3) is 0 Å². The Bertz CT molecular complexity index is 486. The Morgan fingerprint density at radius 1 is 1.45 bits per heavy atom. The number of unbranched alkanes of at least 4 members (excludes halogenated alkanes) is 1. The molecule has 6 heteroatoms. The minimum absolute atomic E-state index is 0.00991. The van der Waals surface area contributed by atoms with Crippen molar-refractivity contribution in [2.75, 3.05) is 0 Å². The summed E-state index contributed by atoms with van der Waals surface area (Å²) in [6.45, 7) is 3.83. The van der Waals surface area contributed by atoms with Crippen LogP contribution in [0, 0.1) is 10.1 Å². The van der Waals surface area contributed by atoms with Crippen LogP contribution in [0.1, 0.15) is 38.7 Å². The number of hydrogen-bond donors (Lipinski definition) is 1. The molecule has 20 heavy (non-hydrogen) atoms. The molecule has 1 unspecified atom stereocenters. The maximum absolute atomic E-state index is 11.1. The summed E-state index contributed by atoms with van der Waals surface area (Å²) in [4.78, 5) is 21.6. The first-order chi connectivity index (χ1) is 9.49. The highest BCUT2D eigenvalue weighted by Crippen LogP contribution is 2.29. The second kappa shape index (κ2) is 7.47. The number of aliphatic carboxylic acids is 1. The van der Waals surface area contributed by atoms with Crippen LogP contribution in [0.25, 0.3) is 0 Å². The molecule has 1 N–H and O–H groups in total. The van der Waals surface area contributed by atoms with Gasteiger partial charge >= 0.3 is 11.7 Å². The molecule has 1 rings (SSSR count). The molecule has 1 aromatic carbocycles. The molecule has 0 bridgehead atoms. The van der Waals surface area contributed by atoms with E-state index in [1.807, 2.05) is 13.8 Å². The van der Waals surface area contributed by atoms with Crippen molar-refractivity contribution in [3.63, 3.8) is 0 Å². The predicted molar refractivity (Wildman–Crippen MR) is 74.1 cm³/mol. The van der Waals surface area contributed by atoms with Gasteiger partial charge in [-0.15, -0.1) is 0 Å². The predicted octanol–water partition coefficient (Wildman–Crippen LogP) is 3.18. The molecule has 0 radical (unpaired) electrons. The monoisotopic (exact) mass is 281 g/mol. The van der Waals surface area contributed by atoms with Crippen molar-refractivity contribution in [3.8, 4) is 5.75 Å². The number of ether oxygens (including phenoxy) is 1. The zero-order valence-electron chi connectivity index (χ0n) is 11.7. The molecule has 110 valence electrons. The molecule has 0 aliphatic heterocycles. The number of nitro benzene ring substituents is 1. The van der Waals surface area contributed by atoms with Gasteiger partial charge in [0.1, 0.15) is 0 Å². The summed E-state index contributed by atoms with van der Waals surface area (Å²) in [5, 5.41) is 20.1. The van der Waals surface area contributed by atoms with E-state index in [2.05, 4.69) is 0 Å². The number of hydrogen-bond acceptors (Lipinski definition) is 4. The lowest BCUT2D eigenvalue weighted by Gasteiger charge is -2.15. The number of benzene rings is 1. The fourth-order valence-corrected chi connectivity index (χ4v) is 1.80. The second-order valence-electron chi connectivity index (χ2n) is 4.50. The van der Waals surface area contributed by atoms with E-state index >= 15 is 0 Å². The molecule has 0 heterocycles. The van der Waals surface area contributed by atoms with E-state index < -0.39 is 17.0 Å². The van der Waals surface area contributed by atoms with Crippen molar-refractivity contribution in [1.29, 1.82) is 0 Å². The minimum Gasteiger partial charge on any atom is -0.479 e. The highest BCUT2D eigenvalue weighted by Gasteiger charge is 2.24. The number of rotatable bonds is 8. The normalized spacial score (nSPS) is 11.9. The summed E-state index contributed by atoms with van der Waals surface area (Å²) >= 11 is 0. The second-order valence-corrected chi connectivity index (χ2v) is 4.50. The fourth-order valence-electron chi connectivity index (χ4n) is 1.80. The third-order valence-electron chi connectivity index (χ3n) is 2.99. The van der Waals surface area contributed by atoms with Crippen molar-refractivity contribution in [3.05, 3.63) is 33.9 Å². The standard InChI is InChI=1S/C14H19NO5/c1-3-5-6-13(14(16)17)20-12-8-7-10(4-2)9-11(12)15(18)19/h7-9,13H,3-6H2,1-2H3,(H,16,17). The van der Waals surface area contributed by atoms with Gasteiger partial charge in [-0.3, -0.25) is 10.1 Å². The fraction of sp³-hybridized carbons (Fsp3) is 0.500. The third kappa shape index (κ3) is 4.22. The topological polar surface area (TPSA) is 89.7 Å². The number of nitro groups is 1. The van der Waals surface area contributed by atoms with Crippen LogP contribution < -0.4 is 4.74 Å². The molecule has 0 aliphatic rings. The van der Waals surface area contributed by atoms with Gasteiger partial charge in [-0.05, 0) is 30.9 Å². The Balaban J connectivity index is 2.99. The van der Waals surface area contributed by atoms with Crippen LogP contribution in [-0.4, -0.2) is 22.1 Å². The SMILES string of the molecule is CCCCC(Oc1ccc(CC)cc1[N+](=O)[O-])C(=O)O. The van der Waals surface area contributed by atoms with Gasteiger partial charge in [0.2, 0.25) is 0 Å². The number of carboxylic acids is 1. The van der Waals surface area contributed by atoms with E-state index in [1.165, 1.54) is 12.1 Å². The smallest absolute Gasteiger partial charge is 0.344 e. The van der Waals surface area contributed by atoms with Crippen LogP contribution >= 0.6 is 0 Å². The summed E-state index contributed by atoms with van der Waals surface area (Å²) in [6, 6.07) is 4.61. The van der Waals surface area contributed by atoms with Gasteiger partial charge in [-0.1, -0.05) is 26.3 Å². The highest BCUT2D eigenvalue weighted by molar-refractivity contribution is 5.73. The largest absolute Gasteiger partial charge is 0.479 e. The molecule has 6 nitrogen and oxygen atoms in total. The molecule has 0 amide bonds. The molecular weight excluding hydrogens is 262 g/mol. The average Bonchev–Trinajstić information content (AvgIpc) is 2.42. The van der Waals surface area contributed by atoms with Gasteiger partial charge in [-0.25, -0.2) is 4.79 Å². The number of aryl methyl sites for hydroxylation is 1. The zero-order valence-corrected chi connectivity index (χ0v) is 11.7. The van der Waals surface area contributed by atoms with E-state index in [1.54, 1.807) is 6.07 Å². The quantitative estimate of drug-likeness (QED) is 0.583. The van der Waals surface area contributed by atoms with Crippen LogP contribution in [0.4, 0.5) is 5.69 Å². The third-order valence-corrected chi connectivity index (χ3v) is 2.99. The maximum atomic E-state index is 11.1. The summed E-state index contributed by atoms with van der Waals surface area (Å²) in [5.41, 5.74) is 0.622. The summed E-state index contributed by atoms with van der Waals surface area (Å²) in [5.74, 6) is -1.09. The molecule has 0 spiro atoms. The minimum atomic E-state index is -1.10. The Morgan fingerprint density at radius 3 is 2.65 bits per heavy atom. The Kier molecular flexibility index (Phi) is 5.96. The molecule has 0 fully saturated rings. The Labute approximate surface area is 117 Å². The average molecular weight is 281 g/mol. The van der Waals surface area contributed by atoms with E-state index in [0.29, 0.717) is 19.3 Å². The number of carboxylic acid groups (broad SMARTS) is 1. The van der Waals surface area contributed by atoms with Crippen molar-refractivity contribution in [2.45, 2.75) is 45.6 Å². The van der Waals surface area contributed by atoms with Gasteiger partial charge in [0, 0.05) is 6.07 Å². The van der Waals surface area contributed by atoms with E-state index in [9.17, 15) is 14.9 Å². The highest BCUT2D eigenvalue weighted by atomic mass is 16.6. The molecule has 1 aromatic rings. The van der Waals surface area contributed by atoms with E-state index in [0.717, 1.165) is 12.0 Å². The summed E-state index contributed by atoms with van der Waals surface area (Å²) in [7, 11) is 0. The van der Waals surface area contributed by atoms with Gasteiger partial charge in [0.15, 0.2) is 11.9 Å². The molecule has 0 saturated heterocycles. The van der Waals surface area contributed by atoms with Crippen LogP contribution in [0.3, 0.4) is 0 Å². The molecule has 0 aliphatic carbocycles. The number of nitrogens with zero attached hydrogens (tertiary/aromatic N) is 1. The van der Waals surface area contributed by atoms with Gasteiger partial charge in [0.05, 0.1) is 4.92 Å². The molecule has 0 saturated carbocycles. The van der Waals surface area contributed by atoms with Crippen LogP contribution in [-0.2, 0) is 11.2 Å². The summed E-state index contributed by atoms with van der Waals surface area (Å²) in [6.07, 6.45) is 1.47. The van der Waals surface area contributed by atoms with Crippen molar-refractivity contribution < 1.29 is 19.6 Å². The van der Waals surface area contributed by atoms with Crippen LogP contribution in [0.5, 0.6) is 5.75 Å². The first-order valence-electron chi connectivity index (χ1n) is 6.66. The van der Waals surface area contributed by atoms with Crippen LogP contribution in [0.15, 0.2) is 18.2 Å². The maximum Gasteiger partial charge on any atom is 0.344 e. The van der Waals surface area contributed by atoms with Crippen molar-refractivity contribution in [1.82, 2.24) is 0 Å². The lowest BCUT2D eigenvalue weighted by molar-refractivity contribution is -0.386. The molecule has 0 aromatic heterocycles. The van der Waals surface area contributed by atoms with Crippen LogP contribution in [0.2, 0.25) is 0 Å². The van der Waals surface area contributed by atoms with E-state index in [-0.39, 0.29) is 11.4 Å². The lowest BCUT2D eigenvalue weighted by atomic mass is 10.1. The van der Waals surface area contributed by atoms with E-state index in [4.69, 9.17) is 9.84 Å². The Morgan fingerprint density at radius 2 is 2.15 bits per heavy atom. The first kappa shape index (κ1) is 15.9. The molecule has 1 atom stereocenters. The summed E-state index contributed by atoms with van der Waals surface area (Å²) < 4.78 is 5.33. The number of carbonyl (C=O) groups is 1. The Hall–Kier alpha value is -2.11.